The van der Waals surface area contributed by atoms with Crippen molar-refractivity contribution in [3.63, 3.8) is 0 Å². The number of fused-ring (bicyclic) bond motifs is 10. The smallest absolute Gasteiger partial charge is 0.143 e. The van der Waals surface area contributed by atoms with E-state index in [0.29, 0.717) is 0 Å². The average Bonchev–Trinajstić information content (AvgIpc) is 1.63. The Bertz CT molecular complexity index is 6550. The lowest BCUT2D eigenvalue weighted by Gasteiger charge is -2.28. The molecule has 496 valence electrons. The van der Waals surface area contributed by atoms with Crippen molar-refractivity contribution in [1.29, 1.82) is 0 Å². The summed E-state index contributed by atoms with van der Waals surface area (Å²) in [5.41, 5.74) is 23.3. The van der Waals surface area contributed by atoms with E-state index in [1.165, 1.54) is 87.6 Å². The van der Waals surface area contributed by atoms with E-state index in [1.54, 1.807) is 0 Å². The SMILES string of the molecule is Brc1ccccc1-c1cccc2ccccc12.c1ccc(N(c2ccc(-c3cccc4ccccc34)cc2)c2ccc(-c3cccc4c3oc3ccccc34)cc2)c(-c2cccc3ccccc23)c1.c1ccc2c(-c3ccc(Nc4ccc(-c5cccc6c5oc5ccccc56)cc4)cc3)cccc2c1. The van der Waals surface area contributed by atoms with Crippen LogP contribution in [0.2, 0.25) is 0 Å². The van der Waals surface area contributed by atoms with Gasteiger partial charge < -0.3 is 19.1 Å². The molecule has 0 bridgehead atoms. The molecule has 4 nitrogen and oxygen atoms in total. The summed E-state index contributed by atoms with van der Waals surface area (Å²) in [5, 5.41) is 18.2. The van der Waals surface area contributed by atoms with Crippen molar-refractivity contribution in [3.8, 4) is 66.8 Å². The minimum absolute atomic E-state index is 0.907. The van der Waals surface area contributed by atoms with Crippen LogP contribution in [0.5, 0.6) is 0 Å². The molecule has 105 heavy (non-hydrogen) atoms. The maximum Gasteiger partial charge on any atom is 0.143 e. The second-order valence-corrected chi connectivity index (χ2v) is 27.2. The Morgan fingerprint density at radius 2 is 0.495 bits per heavy atom. The summed E-state index contributed by atoms with van der Waals surface area (Å²) in [6.45, 7) is 0. The first-order chi connectivity index (χ1) is 52.0. The third kappa shape index (κ3) is 12.5. The molecule has 20 rings (SSSR count). The number of para-hydroxylation sites is 5. The first-order valence-corrected chi connectivity index (χ1v) is 36.3. The molecule has 5 heteroatoms. The number of furan rings is 2. The summed E-state index contributed by atoms with van der Waals surface area (Å²) in [6.07, 6.45) is 0. The Balaban J connectivity index is 0.000000127. The number of anilines is 5. The molecule has 0 aliphatic heterocycles. The zero-order valence-electron chi connectivity index (χ0n) is 57.2. The fraction of sp³-hybridized carbons (Fsp3) is 0. The van der Waals surface area contributed by atoms with Crippen LogP contribution in [-0.4, -0.2) is 0 Å². The molecule has 0 aliphatic rings. The lowest BCUT2D eigenvalue weighted by atomic mass is 9.95. The predicted octanol–water partition coefficient (Wildman–Crippen LogP) is 29.4. The Labute approximate surface area is 617 Å². The van der Waals surface area contributed by atoms with Gasteiger partial charge in [-0.25, -0.2) is 0 Å². The van der Waals surface area contributed by atoms with Crippen molar-refractivity contribution < 1.29 is 8.83 Å². The molecule has 0 saturated carbocycles. The van der Waals surface area contributed by atoms with Crippen molar-refractivity contribution in [2.24, 2.45) is 0 Å². The molecular weight excluding hydrogens is 1340 g/mol. The van der Waals surface area contributed by atoms with Crippen LogP contribution in [-0.2, 0) is 0 Å². The second kappa shape index (κ2) is 28.2. The van der Waals surface area contributed by atoms with Crippen LogP contribution in [0.4, 0.5) is 28.4 Å². The molecule has 0 fully saturated rings. The van der Waals surface area contributed by atoms with E-state index in [2.05, 4.69) is 396 Å². The Kier molecular flexibility index (Phi) is 17.2. The number of nitrogens with zero attached hydrogens (tertiary/aromatic N) is 1. The second-order valence-electron chi connectivity index (χ2n) is 26.4. The number of benzene rings is 18. The van der Waals surface area contributed by atoms with Crippen molar-refractivity contribution in [2.45, 2.75) is 0 Å². The predicted molar refractivity (Wildman–Crippen MR) is 449 cm³/mol. The molecule has 2 heterocycles. The van der Waals surface area contributed by atoms with E-state index < -0.39 is 0 Å². The summed E-state index contributed by atoms with van der Waals surface area (Å²) >= 11 is 3.62. The van der Waals surface area contributed by atoms with Crippen LogP contribution in [0, 0.1) is 0 Å². The largest absolute Gasteiger partial charge is 0.455 e. The molecule has 0 atom stereocenters. The van der Waals surface area contributed by atoms with Gasteiger partial charge in [-0.3, -0.25) is 0 Å². The van der Waals surface area contributed by atoms with Gasteiger partial charge in [-0.2, -0.15) is 0 Å². The van der Waals surface area contributed by atoms with Crippen molar-refractivity contribution >= 4 is 131 Å². The summed E-state index contributed by atoms with van der Waals surface area (Å²) in [4.78, 5) is 2.38. The zero-order valence-corrected chi connectivity index (χ0v) is 58.8. The number of hydrogen-bond acceptors (Lipinski definition) is 4. The fourth-order valence-corrected chi connectivity index (χ4v) is 15.5. The van der Waals surface area contributed by atoms with Gasteiger partial charge in [-0.15, -0.1) is 0 Å². The standard InChI is InChI=1S/C50H33NO.C34H23NO.C16H11Br/c1-3-16-40-34(12-1)14-9-20-41(40)36-26-30-38(31-27-36)51(48-24-7-5-18-45(48)44-22-10-15-35-13-2-4-17-42(35)44)39-32-28-37(29-33-39)43-21-11-23-47-46-19-6-8-25-49(46)52-50(43)47;1-2-9-28-23(7-1)8-5-11-29(28)24-15-19-26(20-16-24)35-27-21-17-25(18-22-27)30-12-6-13-32-31-10-3-4-14-33(31)36-34(30)32;17-16-11-4-3-9-15(16)14-10-5-7-12-6-1-2-8-13(12)14/h1-33H;1-22,35H;1-11H. The fourth-order valence-electron chi connectivity index (χ4n) is 15.0. The molecule has 1 N–H and O–H groups in total. The summed E-state index contributed by atoms with van der Waals surface area (Å²) < 4.78 is 13.8. The molecule has 2 aromatic heterocycles. The van der Waals surface area contributed by atoms with E-state index in [4.69, 9.17) is 8.83 Å². The Morgan fingerprint density at radius 1 is 0.210 bits per heavy atom. The highest BCUT2D eigenvalue weighted by Crippen LogP contribution is 2.46. The Morgan fingerprint density at radius 3 is 0.933 bits per heavy atom. The van der Waals surface area contributed by atoms with Crippen LogP contribution in [0.15, 0.2) is 414 Å². The highest BCUT2D eigenvalue weighted by atomic mass is 79.9. The third-order valence-corrected chi connectivity index (χ3v) is 20.8. The lowest BCUT2D eigenvalue weighted by molar-refractivity contribution is 0.669. The van der Waals surface area contributed by atoms with Crippen LogP contribution < -0.4 is 10.2 Å². The maximum atomic E-state index is 6.42. The van der Waals surface area contributed by atoms with Gasteiger partial charge >= 0.3 is 0 Å². The number of nitrogens with one attached hydrogen (secondary N) is 1. The van der Waals surface area contributed by atoms with Gasteiger partial charge in [0.05, 0.1) is 5.69 Å². The highest BCUT2D eigenvalue weighted by Gasteiger charge is 2.21. The number of hydrogen-bond donors (Lipinski definition) is 1. The highest BCUT2D eigenvalue weighted by molar-refractivity contribution is 9.10. The average molecular weight is 1410 g/mol. The topological polar surface area (TPSA) is 41.6 Å². The zero-order chi connectivity index (χ0) is 70.0. The van der Waals surface area contributed by atoms with Crippen molar-refractivity contribution in [3.05, 3.63) is 405 Å². The van der Waals surface area contributed by atoms with E-state index in [1.807, 2.05) is 30.3 Å². The molecule has 18 aromatic carbocycles. The van der Waals surface area contributed by atoms with E-state index in [0.717, 1.165) is 99.0 Å². The minimum atomic E-state index is 0.907. The van der Waals surface area contributed by atoms with Gasteiger partial charge in [-0.1, -0.05) is 344 Å². The number of rotatable bonds is 11. The van der Waals surface area contributed by atoms with Gasteiger partial charge in [0.25, 0.3) is 0 Å². The van der Waals surface area contributed by atoms with Gasteiger partial charge in [0.2, 0.25) is 0 Å². The van der Waals surface area contributed by atoms with E-state index in [-0.39, 0.29) is 0 Å². The molecule has 0 spiro atoms. The number of halogens is 1. The van der Waals surface area contributed by atoms with E-state index >= 15 is 0 Å². The van der Waals surface area contributed by atoms with Crippen LogP contribution in [0.1, 0.15) is 0 Å². The monoisotopic (exact) mass is 1410 g/mol. The molecular formula is C100H67BrN2O2. The quantitative estimate of drug-likeness (QED) is 0.140. The molecule has 0 radical (unpaired) electrons. The summed E-state index contributed by atoms with van der Waals surface area (Å²) in [5.74, 6) is 0. The summed E-state index contributed by atoms with van der Waals surface area (Å²) in [6, 6.07) is 142. The van der Waals surface area contributed by atoms with Gasteiger partial charge in [0.15, 0.2) is 0 Å². The van der Waals surface area contributed by atoms with Crippen molar-refractivity contribution in [2.75, 3.05) is 10.2 Å². The van der Waals surface area contributed by atoms with Crippen molar-refractivity contribution in [1.82, 2.24) is 0 Å². The van der Waals surface area contributed by atoms with Crippen LogP contribution in [0.25, 0.3) is 154 Å². The van der Waals surface area contributed by atoms with Gasteiger partial charge in [-0.05, 0) is 166 Å². The van der Waals surface area contributed by atoms with Crippen LogP contribution >= 0.6 is 15.9 Å². The molecule has 20 aromatic rings. The normalized spacial score (nSPS) is 11.3. The minimum Gasteiger partial charge on any atom is -0.455 e. The van der Waals surface area contributed by atoms with Crippen LogP contribution in [0.3, 0.4) is 0 Å². The first kappa shape index (κ1) is 63.8. The molecule has 0 aliphatic carbocycles. The lowest BCUT2D eigenvalue weighted by Crippen LogP contribution is -2.11. The molecule has 0 amide bonds. The molecule has 0 saturated heterocycles. The molecule has 0 unspecified atom stereocenters. The summed E-state index contributed by atoms with van der Waals surface area (Å²) in [7, 11) is 0. The van der Waals surface area contributed by atoms with Gasteiger partial charge in [0.1, 0.15) is 22.3 Å². The maximum absolute atomic E-state index is 6.42. The first-order valence-electron chi connectivity index (χ1n) is 35.5. The van der Waals surface area contributed by atoms with E-state index in [9.17, 15) is 0 Å². The third-order valence-electron chi connectivity index (χ3n) is 20.1. The van der Waals surface area contributed by atoms with Gasteiger partial charge in [0, 0.05) is 65.5 Å². The Hall–Kier alpha value is -13.3.